The maximum atomic E-state index is 12.3. The Morgan fingerprint density at radius 2 is 1.96 bits per heavy atom. The molecule has 3 rings (SSSR count). The van der Waals surface area contributed by atoms with E-state index in [0.29, 0.717) is 29.8 Å². The molecule has 124 valence electrons. The van der Waals surface area contributed by atoms with Crippen LogP contribution in [-0.2, 0) is 6.42 Å². The first-order valence-electron chi connectivity index (χ1n) is 7.65. The number of pyridine rings is 1. The van der Waals surface area contributed by atoms with Gasteiger partial charge in [-0.25, -0.2) is 0 Å². The van der Waals surface area contributed by atoms with E-state index in [4.69, 9.17) is 0 Å². The summed E-state index contributed by atoms with van der Waals surface area (Å²) in [5.74, 6) is -0.698. The van der Waals surface area contributed by atoms with E-state index in [1.165, 1.54) is 18.2 Å². The lowest BCUT2D eigenvalue weighted by Gasteiger charge is -2.29. The van der Waals surface area contributed by atoms with Crippen molar-refractivity contribution in [2.75, 3.05) is 5.32 Å². The van der Waals surface area contributed by atoms with Crippen LogP contribution < -0.4 is 10.9 Å². The Bertz CT molecular complexity index is 896. The van der Waals surface area contributed by atoms with Crippen LogP contribution in [-0.4, -0.2) is 21.8 Å². The van der Waals surface area contributed by atoms with Crippen molar-refractivity contribution in [1.82, 2.24) is 4.98 Å². The zero-order chi connectivity index (χ0) is 17.5. The molecule has 1 aromatic heterocycles. The van der Waals surface area contributed by atoms with Gasteiger partial charge in [-0.1, -0.05) is 19.9 Å². The second-order valence-electron chi connectivity index (χ2n) is 6.85. The highest BCUT2D eigenvalue weighted by atomic mass is 16.3. The third-order valence-electron chi connectivity index (χ3n) is 4.07. The van der Waals surface area contributed by atoms with Crippen LogP contribution in [0.3, 0.4) is 0 Å². The lowest BCUT2D eigenvalue weighted by atomic mass is 9.75. The lowest BCUT2D eigenvalue weighted by molar-refractivity contribution is 0.0910. The number of carbonyl (C=O) groups is 2. The molecule has 1 aliphatic carbocycles. The molecule has 0 atom stereocenters. The average Bonchev–Trinajstić information content (AvgIpc) is 2.45. The molecule has 24 heavy (non-hydrogen) atoms. The number of Topliss-reactive ketones (excluding diaryl/α,β-unsaturated/α-hetero) is 1. The van der Waals surface area contributed by atoms with Gasteiger partial charge in [-0.15, -0.1) is 0 Å². The number of hydrogen-bond acceptors (Lipinski definition) is 4. The van der Waals surface area contributed by atoms with E-state index >= 15 is 0 Å². The number of anilines is 1. The standard InChI is InChI=1S/C18H18N2O4/c1-18(2)8-14-12(15(22)9-18)7-13(17(24)20-14)16(23)19-10-4-3-5-11(21)6-10/h3-7,21H,8-9H2,1-2H3,(H,19,23)(H,20,24). The number of rotatable bonds is 2. The largest absolute Gasteiger partial charge is 0.508 e. The number of carbonyl (C=O) groups excluding carboxylic acids is 2. The molecule has 1 heterocycles. The van der Waals surface area contributed by atoms with Gasteiger partial charge in [-0.2, -0.15) is 0 Å². The number of aromatic nitrogens is 1. The van der Waals surface area contributed by atoms with Crippen molar-refractivity contribution in [3.8, 4) is 5.75 Å². The third kappa shape index (κ3) is 3.08. The van der Waals surface area contributed by atoms with Crippen molar-refractivity contribution >= 4 is 17.4 Å². The Kier molecular flexibility index (Phi) is 3.75. The predicted molar refractivity (Wildman–Crippen MR) is 89.6 cm³/mol. The van der Waals surface area contributed by atoms with Gasteiger partial charge in [0.15, 0.2) is 5.78 Å². The second-order valence-corrected chi connectivity index (χ2v) is 6.85. The highest BCUT2D eigenvalue weighted by Gasteiger charge is 2.32. The average molecular weight is 326 g/mol. The molecule has 0 fully saturated rings. The fraction of sp³-hybridized carbons (Fsp3) is 0.278. The molecule has 0 aliphatic heterocycles. The molecule has 3 N–H and O–H groups in total. The van der Waals surface area contributed by atoms with Crippen molar-refractivity contribution in [3.63, 3.8) is 0 Å². The number of amides is 1. The molecule has 2 aromatic rings. The van der Waals surface area contributed by atoms with E-state index in [1.807, 2.05) is 13.8 Å². The highest BCUT2D eigenvalue weighted by Crippen LogP contribution is 2.33. The molecule has 1 aliphatic rings. The van der Waals surface area contributed by atoms with Crippen molar-refractivity contribution in [3.05, 3.63) is 57.5 Å². The van der Waals surface area contributed by atoms with Gasteiger partial charge in [-0.05, 0) is 30.0 Å². The maximum absolute atomic E-state index is 12.3. The zero-order valence-electron chi connectivity index (χ0n) is 13.5. The lowest BCUT2D eigenvalue weighted by Crippen LogP contribution is -2.32. The summed E-state index contributed by atoms with van der Waals surface area (Å²) < 4.78 is 0. The molecule has 6 nitrogen and oxygen atoms in total. The predicted octanol–water partition coefficient (Wildman–Crippen LogP) is 2.49. The Hall–Kier alpha value is -2.89. The van der Waals surface area contributed by atoms with Gasteiger partial charge in [0.1, 0.15) is 11.3 Å². The SMILES string of the molecule is CC1(C)CC(=O)c2cc(C(=O)Nc3cccc(O)c3)c(=O)[nH]c2C1. The van der Waals surface area contributed by atoms with Crippen molar-refractivity contribution in [1.29, 1.82) is 0 Å². The van der Waals surface area contributed by atoms with Gasteiger partial charge in [0.2, 0.25) is 0 Å². The smallest absolute Gasteiger partial charge is 0.261 e. The number of phenolic OH excluding ortho intramolecular Hbond substituents is 1. The monoisotopic (exact) mass is 326 g/mol. The molecular weight excluding hydrogens is 308 g/mol. The topological polar surface area (TPSA) is 99.3 Å². The Morgan fingerprint density at radius 3 is 2.67 bits per heavy atom. The highest BCUT2D eigenvalue weighted by molar-refractivity contribution is 6.06. The molecule has 0 saturated carbocycles. The second kappa shape index (κ2) is 5.63. The summed E-state index contributed by atoms with van der Waals surface area (Å²) in [5, 5.41) is 12.0. The quantitative estimate of drug-likeness (QED) is 0.789. The molecule has 6 heteroatoms. The Labute approximate surface area is 138 Å². The van der Waals surface area contributed by atoms with Crippen molar-refractivity contribution < 1.29 is 14.7 Å². The van der Waals surface area contributed by atoms with Gasteiger partial charge in [0.25, 0.3) is 11.5 Å². The van der Waals surface area contributed by atoms with E-state index < -0.39 is 11.5 Å². The zero-order valence-corrected chi connectivity index (χ0v) is 13.5. The number of H-pyrrole nitrogens is 1. The van der Waals surface area contributed by atoms with Crippen LogP contribution in [0.4, 0.5) is 5.69 Å². The molecule has 1 aromatic carbocycles. The number of aromatic amines is 1. The first-order chi connectivity index (χ1) is 11.2. The summed E-state index contributed by atoms with van der Waals surface area (Å²) in [6, 6.07) is 7.38. The normalized spacial score (nSPS) is 15.7. The summed E-state index contributed by atoms with van der Waals surface area (Å²) in [5.41, 5.74) is 0.481. The number of ketones is 1. The van der Waals surface area contributed by atoms with Gasteiger partial charge in [-0.3, -0.25) is 14.4 Å². The number of aromatic hydroxyl groups is 1. The van der Waals surface area contributed by atoms with E-state index in [0.717, 1.165) is 0 Å². The molecule has 0 spiro atoms. The molecule has 0 radical (unpaired) electrons. The number of nitrogens with one attached hydrogen (secondary N) is 2. The first-order valence-corrected chi connectivity index (χ1v) is 7.65. The number of fused-ring (bicyclic) bond motifs is 1. The van der Waals surface area contributed by atoms with E-state index in [9.17, 15) is 19.5 Å². The van der Waals surface area contributed by atoms with Crippen molar-refractivity contribution in [2.24, 2.45) is 5.41 Å². The van der Waals surface area contributed by atoms with E-state index in [2.05, 4.69) is 10.3 Å². The van der Waals surface area contributed by atoms with Crippen LogP contribution in [0, 0.1) is 5.41 Å². The molecular formula is C18H18N2O4. The van der Waals surface area contributed by atoms with Crippen molar-refractivity contribution in [2.45, 2.75) is 26.7 Å². The maximum Gasteiger partial charge on any atom is 0.261 e. The van der Waals surface area contributed by atoms with E-state index in [-0.39, 0.29) is 22.5 Å². The summed E-state index contributed by atoms with van der Waals surface area (Å²) in [6.45, 7) is 3.93. The Morgan fingerprint density at radius 1 is 1.21 bits per heavy atom. The first kappa shape index (κ1) is 16.0. The van der Waals surface area contributed by atoms with Crippen LogP contribution in [0.2, 0.25) is 0 Å². The van der Waals surface area contributed by atoms with Gasteiger partial charge < -0.3 is 15.4 Å². The molecule has 0 bridgehead atoms. The molecule has 0 unspecified atom stereocenters. The van der Waals surface area contributed by atoms with Crippen LogP contribution >= 0.6 is 0 Å². The van der Waals surface area contributed by atoms with E-state index in [1.54, 1.807) is 12.1 Å². The minimum atomic E-state index is -0.623. The number of hydrogen-bond donors (Lipinski definition) is 3. The van der Waals surface area contributed by atoms with Crippen LogP contribution in [0.1, 0.15) is 46.7 Å². The number of phenols is 1. The third-order valence-corrected chi connectivity index (χ3v) is 4.07. The van der Waals surface area contributed by atoms with Gasteiger partial charge in [0, 0.05) is 29.4 Å². The van der Waals surface area contributed by atoms with Crippen LogP contribution in [0.25, 0.3) is 0 Å². The van der Waals surface area contributed by atoms with Crippen LogP contribution in [0.15, 0.2) is 35.1 Å². The minimum Gasteiger partial charge on any atom is -0.508 e. The fourth-order valence-corrected chi connectivity index (χ4v) is 2.98. The summed E-state index contributed by atoms with van der Waals surface area (Å²) in [6.07, 6.45) is 0.956. The number of benzene rings is 1. The summed E-state index contributed by atoms with van der Waals surface area (Å²) in [4.78, 5) is 39.5. The molecule has 1 amide bonds. The summed E-state index contributed by atoms with van der Waals surface area (Å²) >= 11 is 0. The van der Waals surface area contributed by atoms with Gasteiger partial charge in [0.05, 0.1) is 0 Å². The van der Waals surface area contributed by atoms with Crippen LogP contribution in [0.5, 0.6) is 5.75 Å². The molecule has 0 saturated heterocycles. The fourth-order valence-electron chi connectivity index (χ4n) is 2.98. The van der Waals surface area contributed by atoms with Gasteiger partial charge >= 0.3 is 0 Å². The Balaban J connectivity index is 1.95. The summed E-state index contributed by atoms with van der Waals surface area (Å²) in [7, 11) is 0. The minimum absolute atomic E-state index is 0.00422.